The molecule has 0 bridgehead atoms. The number of aryl methyl sites for hydroxylation is 1. The van der Waals surface area contributed by atoms with Gasteiger partial charge in [0.05, 0.1) is 10.7 Å². The van der Waals surface area contributed by atoms with Gasteiger partial charge in [-0.3, -0.25) is 0 Å². The first kappa shape index (κ1) is 14.0. The van der Waals surface area contributed by atoms with Crippen molar-refractivity contribution in [3.63, 3.8) is 0 Å². The Morgan fingerprint density at radius 2 is 1.94 bits per heavy atom. The van der Waals surface area contributed by atoms with Crippen LogP contribution in [0.5, 0.6) is 0 Å². The van der Waals surface area contributed by atoms with Gasteiger partial charge in [-0.2, -0.15) is 0 Å². The SMILES string of the molecule is CNCc1sc(CCN2CCCCCC2)nc1C. The molecule has 1 N–H and O–H groups in total. The highest BCUT2D eigenvalue weighted by atomic mass is 32.1. The molecule has 1 saturated heterocycles. The minimum absolute atomic E-state index is 0.952. The van der Waals surface area contributed by atoms with E-state index >= 15 is 0 Å². The van der Waals surface area contributed by atoms with Gasteiger partial charge in [-0.25, -0.2) is 4.98 Å². The normalized spacial score (nSPS) is 17.9. The van der Waals surface area contributed by atoms with Crippen molar-refractivity contribution in [2.24, 2.45) is 0 Å². The van der Waals surface area contributed by atoms with E-state index < -0.39 is 0 Å². The lowest BCUT2D eigenvalue weighted by molar-refractivity contribution is 0.288. The van der Waals surface area contributed by atoms with Crippen molar-refractivity contribution in [1.29, 1.82) is 0 Å². The van der Waals surface area contributed by atoms with Crippen molar-refractivity contribution in [3.05, 3.63) is 15.6 Å². The summed E-state index contributed by atoms with van der Waals surface area (Å²) in [5.74, 6) is 0. The average Bonchev–Trinajstić information content (AvgIpc) is 2.57. The highest BCUT2D eigenvalue weighted by Crippen LogP contribution is 2.19. The van der Waals surface area contributed by atoms with Crippen LogP contribution in [-0.4, -0.2) is 36.6 Å². The summed E-state index contributed by atoms with van der Waals surface area (Å²) in [6.45, 7) is 6.83. The molecule has 4 heteroatoms. The lowest BCUT2D eigenvalue weighted by Gasteiger charge is -2.18. The summed E-state index contributed by atoms with van der Waals surface area (Å²) in [4.78, 5) is 8.69. The first-order valence-electron chi connectivity index (χ1n) is 7.11. The molecule has 102 valence electrons. The van der Waals surface area contributed by atoms with E-state index in [1.54, 1.807) is 0 Å². The van der Waals surface area contributed by atoms with Gasteiger partial charge in [0.25, 0.3) is 0 Å². The number of hydrogen-bond acceptors (Lipinski definition) is 4. The van der Waals surface area contributed by atoms with Crippen LogP contribution in [-0.2, 0) is 13.0 Å². The van der Waals surface area contributed by atoms with E-state index in [9.17, 15) is 0 Å². The fourth-order valence-electron chi connectivity index (χ4n) is 2.53. The number of nitrogens with zero attached hydrogens (tertiary/aromatic N) is 2. The second kappa shape index (κ2) is 7.22. The van der Waals surface area contributed by atoms with Gasteiger partial charge in [0.1, 0.15) is 0 Å². The topological polar surface area (TPSA) is 28.2 Å². The molecule has 2 heterocycles. The standard InChI is InChI=1S/C14H25N3S/c1-12-13(11-15-2)18-14(16-12)7-10-17-8-5-3-4-6-9-17/h15H,3-11H2,1-2H3. The van der Waals surface area contributed by atoms with Gasteiger partial charge in [0.2, 0.25) is 0 Å². The molecule has 1 fully saturated rings. The van der Waals surface area contributed by atoms with Gasteiger partial charge in [-0.1, -0.05) is 12.8 Å². The van der Waals surface area contributed by atoms with E-state index in [0.29, 0.717) is 0 Å². The number of thiazole rings is 1. The molecule has 2 rings (SSSR count). The molecule has 18 heavy (non-hydrogen) atoms. The van der Waals surface area contributed by atoms with Crippen molar-refractivity contribution >= 4 is 11.3 Å². The van der Waals surface area contributed by atoms with Gasteiger partial charge in [-0.15, -0.1) is 11.3 Å². The molecule has 0 saturated carbocycles. The van der Waals surface area contributed by atoms with Crippen LogP contribution >= 0.6 is 11.3 Å². The summed E-state index contributed by atoms with van der Waals surface area (Å²) in [5.41, 5.74) is 1.21. The molecule has 0 unspecified atom stereocenters. The maximum Gasteiger partial charge on any atom is 0.0944 e. The molecule has 1 aromatic rings. The van der Waals surface area contributed by atoms with E-state index in [2.05, 4.69) is 22.1 Å². The third kappa shape index (κ3) is 4.04. The minimum atomic E-state index is 0.952. The summed E-state index contributed by atoms with van der Waals surface area (Å²) in [5, 5.41) is 4.52. The number of rotatable bonds is 5. The van der Waals surface area contributed by atoms with Crippen molar-refractivity contribution in [1.82, 2.24) is 15.2 Å². The van der Waals surface area contributed by atoms with Crippen molar-refractivity contribution in [2.75, 3.05) is 26.7 Å². The molecule has 0 radical (unpaired) electrons. The molecule has 1 aliphatic heterocycles. The fourth-order valence-corrected chi connectivity index (χ4v) is 3.60. The summed E-state index contributed by atoms with van der Waals surface area (Å²) in [6, 6.07) is 0. The Morgan fingerprint density at radius 3 is 2.61 bits per heavy atom. The Hall–Kier alpha value is -0.450. The second-order valence-electron chi connectivity index (χ2n) is 5.15. The number of hydrogen-bond donors (Lipinski definition) is 1. The van der Waals surface area contributed by atoms with Crippen LogP contribution in [0.1, 0.15) is 41.3 Å². The molecular formula is C14H25N3S. The molecule has 1 aliphatic rings. The first-order valence-corrected chi connectivity index (χ1v) is 7.93. The van der Waals surface area contributed by atoms with Gasteiger partial charge in [0, 0.05) is 24.4 Å². The predicted molar refractivity (Wildman–Crippen MR) is 78.2 cm³/mol. The number of nitrogens with one attached hydrogen (secondary N) is 1. The lowest BCUT2D eigenvalue weighted by atomic mass is 10.2. The quantitative estimate of drug-likeness (QED) is 0.889. The lowest BCUT2D eigenvalue weighted by Crippen LogP contribution is -2.26. The average molecular weight is 267 g/mol. The molecule has 0 aromatic carbocycles. The summed E-state index contributed by atoms with van der Waals surface area (Å²) in [6.07, 6.45) is 6.71. The van der Waals surface area contributed by atoms with Crippen molar-refractivity contribution < 1.29 is 0 Å². The van der Waals surface area contributed by atoms with Crippen LogP contribution in [0.2, 0.25) is 0 Å². The van der Waals surface area contributed by atoms with E-state index in [1.165, 1.54) is 60.9 Å². The smallest absolute Gasteiger partial charge is 0.0944 e. The number of aromatic nitrogens is 1. The molecule has 1 aromatic heterocycles. The highest BCUT2D eigenvalue weighted by molar-refractivity contribution is 7.11. The van der Waals surface area contributed by atoms with Crippen LogP contribution in [0.4, 0.5) is 0 Å². The largest absolute Gasteiger partial charge is 0.315 e. The van der Waals surface area contributed by atoms with E-state index in [4.69, 9.17) is 0 Å². The highest BCUT2D eigenvalue weighted by Gasteiger charge is 2.11. The van der Waals surface area contributed by atoms with E-state index in [-0.39, 0.29) is 0 Å². The molecular weight excluding hydrogens is 242 g/mol. The first-order chi connectivity index (χ1) is 8.79. The predicted octanol–water partition coefficient (Wildman–Crippen LogP) is 2.59. The molecule has 0 atom stereocenters. The maximum absolute atomic E-state index is 4.69. The Balaban J connectivity index is 1.83. The van der Waals surface area contributed by atoms with Gasteiger partial charge < -0.3 is 10.2 Å². The monoisotopic (exact) mass is 267 g/mol. The summed E-state index contributed by atoms with van der Waals surface area (Å²) < 4.78 is 0. The Labute approximate surface area is 115 Å². The molecule has 0 spiro atoms. The zero-order valence-corrected chi connectivity index (χ0v) is 12.5. The summed E-state index contributed by atoms with van der Waals surface area (Å²) >= 11 is 1.88. The third-order valence-corrected chi connectivity index (χ3v) is 4.83. The van der Waals surface area contributed by atoms with Crippen LogP contribution in [0.25, 0.3) is 0 Å². The van der Waals surface area contributed by atoms with Crippen LogP contribution in [0.15, 0.2) is 0 Å². The Kier molecular flexibility index (Phi) is 5.60. The summed E-state index contributed by atoms with van der Waals surface area (Å²) in [7, 11) is 2.00. The van der Waals surface area contributed by atoms with Gasteiger partial charge >= 0.3 is 0 Å². The molecule has 3 nitrogen and oxygen atoms in total. The van der Waals surface area contributed by atoms with Gasteiger partial charge in [0.15, 0.2) is 0 Å². The van der Waals surface area contributed by atoms with Crippen molar-refractivity contribution in [2.45, 2.75) is 45.6 Å². The van der Waals surface area contributed by atoms with Crippen molar-refractivity contribution in [3.8, 4) is 0 Å². The molecule has 0 amide bonds. The zero-order chi connectivity index (χ0) is 12.8. The Morgan fingerprint density at radius 1 is 1.22 bits per heavy atom. The second-order valence-corrected chi connectivity index (χ2v) is 6.32. The van der Waals surface area contributed by atoms with Crippen LogP contribution in [0.3, 0.4) is 0 Å². The van der Waals surface area contributed by atoms with E-state index in [0.717, 1.165) is 13.0 Å². The molecule has 0 aliphatic carbocycles. The minimum Gasteiger partial charge on any atom is -0.315 e. The third-order valence-electron chi connectivity index (χ3n) is 3.61. The zero-order valence-electron chi connectivity index (χ0n) is 11.7. The fraction of sp³-hybridized carbons (Fsp3) is 0.786. The maximum atomic E-state index is 4.69. The van der Waals surface area contributed by atoms with Gasteiger partial charge in [-0.05, 0) is 39.9 Å². The Bertz CT molecular complexity index is 354. The van der Waals surface area contributed by atoms with Crippen LogP contribution in [0, 0.1) is 6.92 Å². The number of likely N-dealkylation sites (tertiary alicyclic amines) is 1. The van der Waals surface area contributed by atoms with E-state index in [1.807, 2.05) is 18.4 Å². The van der Waals surface area contributed by atoms with Crippen LogP contribution < -0.4 is 5.32 Å².